The van der Waals surface area contributed by atoms with E-state index in [4.69, 9.17) is 0 Å². The van der Waals surface area contributed by atoms with E-state index in [-0.39, 0.29) is 0 Å². The first-order valence-electron chi connectivity index (χ1n) is 2.55. The Morgan fingerprint density at radius 2 is 1.23 bits per heavy atom. The fourth-order valence-corrected chi connectivity index (χ4v) is 0.933. The number of halogens is 9. The highest BCUT2D eigenvalue weighted by atomic mass is 35.5. The molecule has 0 fully saturated rings. The quantitative estimate of drug-likeness (QED) is 0.539. The highest BCUT2D eigenvalue weighted by Gasteiger charge is 2.70. The largest absolute Gasteiger partial charge is 0.373 e. The molecule has 0 N–H and O–H groups in total. The predicted molar refractivity (Wildman–Crippen MR) is 40.9 cm³/mol. The summed E-state index contributed by atoms with van der Waals surface area (Å²) < 4.78 is 61.5. The fraction of sp³-hybridized carbons (Fsp3) is 1.00. The van der Waals surface area contributed by atoms with Crippen molar-refractivity contribution in [3.8, 4) is 0 Å². The van der Waals surface area contributed by atoms with Crippen LogP contribution in [0.25, 0.3) is 0 Å². The summed E-state index contributed by atoms with van der Waals surface area (Å²) in [4.78, 5) is 0. The lowest BCUT2D eigenvalue weighted by atomic mass is 10.2. The molecule has 9 heteroatoms. The molecule has 0 saturated heterocycles. The molecule has 0 bridgehead atoms. The Bertz CT molecular complexity index is 185. The van der Waals surface area contributed by atoms with Crippen LogP contribution in [0.4, 0.5) is 22.0 Å². The van der Waals surface area contributed by atoms with E-state index >= 15 is 0 Å². The topological polar surface area (TPSA) is 0 Å². The van der Waals surface area contributed by atoms with Crippen LogP contribution in [-0.4, -0.2) is 21.3 Å². The third-order valence-electron chi connectivity index (χ3n) is 1.05. The molecule has 0 saturated carbocycles. The third kappa shape index (κ3) is 2.43. The lowest BCUT2D eigenvalue weighted by molar-refractivity contribution is -0.0866. The van der Waals surface area contributed by atoms with Gasteiger partial charge in [0.1, 0.15) is 0 Å². The summed E-state index contributed by atoms with van der Waals surface area (Å²) in [7, 11) is 0. The summed E-state index contributed by atoms with van der Waals surface area (Å²) in [6, 6.07) is 0. The number of alkyl halides is 9. The molecular weight excluding hydrogens is 285 g/mol. The zero-order valence-corrected chi connectivity index (χ0v) is 8.50. The molecule has 0 aliphatic carbocycles. The van der Waals surface area contributed by atoms with E-state index in [9.17, 15) is 22.0 Å². The molecule has 3 unspecified atom stereocenters. The van der Waals surface area contributed by atoms with Crippen LogP contribution < -0.4 is 0 Å². The Kier molecular flexibility index (Phi) is 3.99. The van der Waals surface area contributed by atoms with Crippen molar-refractivity contribution in [1.82, 2.24) is 0 Å². The summed E-state index contributed by atoms with van der Waals surface area (Å²) >= 11 is 17.2. The van der Waals surface area contributed by atoms with Crippen LogP contribution in [0.5, 0.6) is 0 Å². The van der Waals surface area contributed by atoms with E-state index in [1.807, 2.05) is 0 Å². The van der Waals surface area contributed by atoms with Crippen LogP contribution in [0.3, 0.4) is 0 Å². The third-order valence-corrected chi connectivity index (χ3v) is 2.88. The van der Waals surface area contributed by atoms with Gasteiger partial charge in [-0.3, -0.25) is 0 Å². The Hall–Kier alpha value is 0.810. The van der Waals surface area contributed by atoms with E-state index in [0.717, 1.165) is 0 Å². The smallest absolute Gasteiger partial charge is 0.225 e. The molecule has 0 aromatic rings. The minimum Gasteiger partial charge on any atom is -0.225 e. The van der Waals surface area contributed by atoms with Crippen LogP contribution in [0.2, 0.25) is 0 Å². The number of hydrogen-bond donors (Lipinski definition) is 0. The minimum atomic E-state index is -4.90. The molecule has 0 spiro atoms. The van der Waals surface area contributed by atoms with Gasteiger partial charge < -0.3 is 0 Å². The Labute approximate surface area is 89.9 Å². The maximum absolute atomic E-state index is 12.7. The molecule has 0 radical (unpaired) electrons. The summed E-state index contributed by atoms with van der Waals surface area (Å²) in [5, 5.41) is -13.9. The minimum absolute atomic E-state index is 3.28. The molecule has 0 aromatic carbocycles. The molecule has 0 amide bonds. The monoisotopic (exact) mass is 284 g/mol. The summed E-state index contributed by atoms with van der Waals surface area (Å²) in [6.07, 6.45) is 0. The SMILES string of the molecule is FC(Cl)C(F)(Cl)C(F)(Cl)C(F)(F)Cl. The van der Waals surface area contributed by atoms with Gasteiger partial charge in [0, 0.05) is 0 Å². The standard InChI is InChI=1S/C4HCl4F5/c5-1(9)2(6,10)3(7,11)4(8,12)13/h1H. The van der Waals surface area contributed by atoms with Crippen molar-refractivity contribution in [3.05, 3.63) is 0 Å². The predicted octanol–water partition coefficient (Wildman–Crippen LogP) is 4.16. The van der Waals surface area contributed by atoms with Crippen molar-refractivity contribution in [2.75, 3.05) is 0 Å². The first-order chi connectivity index (χ1) is 5.44. The van der Waals surface area contributed by atoms with Crippen molar-refractivity contribution in [3.63, 3.8) is 0 Å². The summed E-state index contributed by atoms with van der Waals surface area (Å²) in [5.41, 5.74) is -3.28. The van der Waals surface area contributed by atoms with Crippen molar-refractivity contribution in [2.24, 2.45) is 0 Å². The van der Waals surface area contributed by atoms with E-state index in [0.29, 0.717) is 0 Å². The number of hydrogen-bond acceptors (Lipinski definition) is 0. The van der Waals surface area contributed by atoms with Crippen LogP contribution in [0.15, 0.2) is 0 Å². The van der Waals surface area contributed by atoms with Crippen molar-refractivity contribution < 1.29 is 22.0 Å². The van der Waals surface area contributed by atoms with Gasteiger partial charge in [-0.15, -0.1) is 0 Å². The normalized spacial score (nSPS) is 24.7. The van der Waals surface area contributed by atoms with E-state index < -0.39 is 21.3 Å². The average Bonchev–Trinajstić information content (AvgIpc) is 1.84. The van der Waals surface area contributed by atoms with Gasteiger partial charge in [-0.1, -0.05) is 34.8 Å². The van der Waals surface area contributed by atoms with Crippen molar-refractivity contribution >= 4 is 46.4 Å². The lowest BCUT2D eigenvalue weighted by Gasteiger charge is -2.31. The highest BCUT2D eigenvalue weighted by Crippen LogP contribution is 2.53. The lowest BCUT2D eigenvalue weighted by Crippen LogP contribution is -2.53. The Balaban J connectivity index is 5.04. The maximum Gasteiger partial charge on any atom is 0.373 e. The molecule has 0 heterocycles. The summed E-state index contributed by atoms with van der Waals surface area (Å²) in [6.45, 7) is 0. The molecule has 0 aliphatic rings. The van der Waals surface area contributed by atoms with Gasteiger partial charge in [-0.25, -0.2) is 13.2 Å². The van der Waals surface area contributed by atoms with Gasteiger partial charge >= 0.3 is 10.5 Å². The van der Waals surface area contributed by atoms with Gasteiger partial charge in [0.15, 0.2) is 0 Å². The average molecular weight is 286 g/mol. The Morgan fingerprint density at radius 1 is 0.923 bits per heavy atom. The first kappa shape index (κ1) is 13.8. The zero-order valence-electron chi connectivity index (χ0n) is 5.48. The molecule has 0 aliphatic heterocycles. The summed E-state index contributed by atoms with van der Waals surface area (Å²) in [5.74, 6) is 0. The molecular formula is C4HCl4F5. The second kappa shape index (κ2) is 3.76. The molecule has 0 nitrogen and oxygen atoms in total. The van der Waals surface area contributed by atoms with E-state index in [1.165, 1.54) is 0 Å². The van der Waals surface area contributed by atoms with Crippen molar-refractivity contribution in [2.45, 2.75) is 21.3 Å². The van der Waals surface area contributed by atoms with Crippen LogP contribution in [0, 0.1) is 0 Å². The van der Waals surface area contributed by atoms with E-state index in [2.05, 4.69) is 46.4 Å². The van der Waals surface area contributed by atoms with Gasteiger partial charge in [-0.2, -0.15) is 8.78 Å². The second-order valence-corrected chi connectivity index (χ2v) is 3.92. The van der Waals surface area contributed by atoms with Crippen LogP contribution >= 0.6 is 46.4 Å². The van der Waals surface area contributed by atoms with E-state index in [1.54, 1.807) is 0 Å². The molecule has 80 valence electrons. The molecule has 3 atom stereocenters. The van der Waals surface area contributed by atoms with Crippen LogP contribution in [-0.2, 0) is 0 Å². The second-order valence-electron chi connectivity index (χ2n) is 2.00. The first-order valence-corrected chi connectivity index (χ1v) is 4.12. The highest BCUT2D eigenvalue weighted by molar-refractivity contribution is 6.40. The Morgan fingerprint density at radius 3 is 1.31 bits per heavy atom. The van der Waals surface area contributed by atoms with Gasteiger partial charge in [0.05, 0.1) is 0 Å². The molecule has 13 heavy (non-hydrogen) atoms. The maximum atomic E-state index is 12.7. The van der Waals surface area contributed by atoms with Gasteiger partial charge in [0.2, 0.25) is 5.63 Å². The fourth-order valence-electron chi connectivity index (χ4n) is 0.326. The zero-order chi connectivity index (χ0) is 11.1. The molecule has 0 rings (SSSR count). The van der Waals surface area contributed by atoms with Gasteiger partial charge in [0.25, 0.3) is 5.13 Å². The number of rotatable bonds is 3. The van der Waals surface area contributed by atoms with Gasteiger partial charge in [-0.05, 0) is 11.6 Å². The molecule has 0 aromatic heterocycles. The van der Waals surface area contributed by atoms with Crippen molar-refractivity contribution in [1.29, 1.82) is 0 Å². The van der Waals surface area contributed by atoms with Crippen LogP contribution in [0.1, 0.15) is 0 Å².